The Kier molecular flexibility index (Phi) is 5.21. The summed E-state index contributed by atoms with van der Waals surface area (Å²) in [5.74, 6) is -0.388. The van der Waals surface area contributed by atoms with E-state index >= 15 is 0 Å². The summed E-state index contributed by atoms with van der Waals surface area (Å²) in [4.78, 5) is 25.2. The summed E-state index contributed by atoms with van der Waals surface area (Å²) < 4.78 is 32.5. The summed E-state index contributed by atoms with van der Waals surface area (Å²) in [6.07, 6.45) is -0.394. The lowest BCUT2D eigenvalue weighted by molar-refractivity contribution is -0.125. The second-order valence-corrected chi connectivity index (χ2v) is 7.52. The average molecular weight is 322 g/mol. The van der Waals surface area contributed by atoms with E-state index < -0.39 is 34.0 Å². The second-order valence-electron chi connectivity index (χ2n) is 5.92. The number of rotatable bonds is 3. The van der Waals surface area contributed by atoms with Gasteiger partial charge < -0.3 is 10.1 Å². The highest BCUT2D eigenvalue weighted by Crippen LogP contribution is 2.24. The molecule has 2 amide bonds. The summed E-state index contributed by atoms with van der Waals surface area (Å²) >= 11 is 0. The van der Waals surface area contributed by atoms with Crippen LogP contribution in [0.25, 0.3) is 0 Å². The third-order valence-corrected chi connectivity index (χ3v) is 3.37. The Morgan fingerprint density at radius 3 is 2.29 bits per heavy atom. The normalized spacial score (nSPS) is 23.0. The lowest BCUT2D eigenvalue weighted by Gasteiger charge is -2.27. The molecular formula is C12H22N2O6S. The zero-order valence-corrected chi connectivity index (χ0v) is 13.7. The van der Waals surface area contributed by atoms with Crippen molar-refractivity contribution in [3.63, 3.8) is 0 Å². The van der Waals surface area contributed by atoms with Crippen molar-refractivity contribution in [1.82, 2.24) is 10.2 Å². The van der Waals surface area contributed by atoms with Gasteiger partial charge in [0, 0.05) is 13.5 Å². The molecule has 0 aromatic heterocycles. The molecule has 0 aromatic rings. The number of nitrogens with one attached hydrogen (secondary N) is 1. The third kappa shape index (κ3) is 5.50. The van der Waals surface area contributed by atoms with Gasteiger partial charge in [0.2, 0.25) is 5.91 Å². The summed E-state index contributed by atoms with van der Waals surface area (Å²) in [6, 6.07) is -0.809. The molecule has 0 aromatic carbocycles. The van der Waals surface area contributed by atoms with Crippen LogP contribution < -0.4 is 5.32 Å². The van der Waals surface area contributed by atoms with Crippen LogP contribution in [0.4, 0.5) is 4.79 Å². The molecule has 122 valence electrons. The van der Waals surface area contributed by atoms with Crippen LogP contribution in [0, 0.1) is 0 Å². The topological polar surface area (TPSA) is 102 Å². The summed E-state index contributed by atoms with van der Waals surface area (Å²) in [5, 5.41) is 2.44. The van der Waals surface area contributed by atoms with Crippen LogP contribution in [-0.4, -0.2) is 62.9 Å². The standard InChI is InChI=1S/C12H22N2O6S/c1-12(2,3)19-11(16)14-7-8(20-21(5,17)18)6-9(14)10(15)13-4/h8-9H,6-7H2,1-5H3,(H,13,15)/t8-,9+/m1/s1. The molecule has 1 aliphatic rings. The lowest BCUT2D eigenvalue weighted by atomic mass is 10.2. The molecule has 0 radical (unpaired) electrons. The minimum absolute atomic E-state index is 0.0138. The van der Waals surface area contributed by atoms with E-state index in [-0.39, 0.29) is 18.9 Å². The van der Waals surface area contributed by atoms with Gasteiger partial charge in [0.1, 0.15) is 11.6 Å². The Balaban J connectivity index is 2.88. The zero-order chi connectivity index (χ0) is 16.4. The van der Waals surface area contributed by atoms with Gasteiger partial charge in [-0.25, -0.2) is 4.79 Å². The molecule has 1 heterocycles. The molecule has 1 fully saturated rings. The van der Waals surface area contributed by atoms with E-state index in [4.69, 9.17) is 8.92 Å². The van der Waals surface area contributed by atoms with Crippen LogP contribution in [0.5, 0.6) is 0 Å². The molecular weight excluding hydrogens is 300 g/mol. The van der Waals surface area contributed by atoms with Crippen LogP contribution in [0.1, 0.15) is 27.2 Å². The first-order valence-electron chi connectivity index (χ1n) is 6.52. The van der Waals surface area contributed by atoms with Crippen molar-refractivity contribution in [3.05, 3.63) is 0 Å². The number of likely N-dealkylation sites (tertiary alicyclic amines) is 1. The van der Waals surface area contributed by atoms with Crippen LogP contribution in [0.15, 0.2) is 0 Å². The molecule has 0 saturated carbocycles. The van der Waals surface area contributed by atoms with Gasteiger partial charge in [0.15, 0.2) is 0 Å². The van der Waals surface area contributed by atoms with Crippen LogP contribution in [0.2, 0.25) is 0 Å². The van der Waals surface area contributed by atoms with Gasteiger partial charge in [-0.05, 0) is 20.8 Å². The highest BCUT2D eigenvalue weighted by atomic mass is 32.2. The fraction of sp³-hybridized carbons (Fsp3) is 0.833. The molecule has 1 N–H and O–H groups in total. The van der Waals surface area contributed by atoms with Gasteiger partial charge in [-0.15, -0.1) is 0 Å². The molecule has 0 aliphatic carbocycles. The predicted octanol–water partition coefficient (Wildman–Crippen LogP) is 0.0866. The molecule has 0 unspecified atom stereocenters. The maximum absolute atomic E-state index is 12.1. The minimum atomic E-state index is -3.66. The highest BCUT2D eigenvalue weighted by molar-refractivity contribution is 7.86. The zero-order valence-electron chi connectivity index (χ0n) is 12.9. The highest BCUT2D eigenvalue weighted by Gasteiger charge is 2.42. The van der Waals surface area contributed by atoms with E-state index in [9.17, 15) is 18.0 Å². The number of likely N-dealkylation sites (N-methyl/N-ethyl adjacent to an activating group) is 1. The van der Waals surface area contributed by atoms with Crippen molar-refractivity contribution in [2.45, 2.75) is 44.9 Å². The molecule has 8 nitrogen and oxygen atoms in total. The van der Waals surface area contributed by atoms with Crippen LogP contribution >= 0.6 is 0 Å². The Morgan fingerprint density at radius 1 is 1.29 bits per heavy atom. The second kappa shape index (κ2) is 6.18. The SMILES string of the molecule is CNC(=O)[C@@H]1C[C@@H](OS(C)(=O)=O)CN1C(=O)OC(C)(C)C. The van der Waals surface area contributed by atoms with Gasteiger partial charge in [-0.1, -0.05) is 0 Å². The van der Waals surface area contributed by atoms with E-state index in [0.29, 0.717) is 0 Å². The van der Waals surface area contributed by atoms with Crippen molar-refractivity contribution in [2.75, 3.05) is 19.8 Å². The van der Waals surface area contributed by atoms with Crippen molar-refractivity contribution < 1.29 is 26.9 Å². The van der Waals surface area contributed by atoms with Crippen molar-refractivity contribution in [2.24, 2.45) is 0 Å². The molecule has 21 heavy (non-hydrogen) atoms. The largest absolute Gasteiger partial charge is 0.444 e. The minimum Gasteiger partial charge on any atom is -0.444 e. The first kappa shape index (κ1) is 17.7. The van der Waals surface area contributed by atoms with Gasteiger partial charge in [0.25, 0.3) is 10.1 Å². The summed E-state index contributed by atoms with van der Waals surface area (Å²) in [7, 11) is -2.21. The average Bonchev–Trinajstić information content (AvgIpc) is 2.67. The smallest absolute Gasteiger partial charge is 0.411 e. The van der Waals surface area contributed by atoms with E-state index in [1.165, 1.54) is 11.9 Å². The molecule has 0 spiro atoms. The quantitative estimate of drug-likeness (QED) is 0.739. The number of carbonyl (C=O) groups is 2. The van der Waals surface area contributed by atoms with Gasteiger partial charge in [0.05, 0.1) is 18.9 Å². The summed E-state index contributed by atoms with van der Waals surface area (Å²) in [5.41, 5.74) is -0.708. The molecule has 1 saturated heterocycles. The number of carbonyl (C=O) groups excluding carboxylic acids is 2. The Morgan fingerprint density at radius 2 is 1.86 bits per heavy atom. The van der Waals surface area contributed by atoms with E-state index in [1.54, 1.807) is 20.8 Å². The third-order valence-electron chi connectivity index (χ3n) is 2.75. The monoisotopic (exact) mass is 322 g/mol. The van der Waals surface area contributed by atoms with Gasteiger partial charge in [-0.2, -0.15) is 8.42 Å². The summed E-state index contributed by atoms with van der Waals surface area (Å²) in [6.45, 7) is 5.11. The van der Waals surface area contributed by atoms with E-state index in [1.807, 2.05) is 0 Å². The predicted molar refractivity (Wildman–Crippen MR) is 75.1 cm³/mol. The Hall–Kier alpha value is -1.35. The maximum atomic E-state index is 12.1. The van der Waals surface area contributed by atoms with Gasteiger partial charge in [-0.3, -0.25) is 13.9 Å². The van der Waals surface area contributed by atoms with Crippen LogP contribution in [-0.2, 0) is 23.8 Å². The van der Waals surface area contributed by atoms with Crippen molar-refractivity contribution in [3.8, 4) is 0 Å². The number of hydrogen-bond acceptors (Lipinski definition) is 6. The fourth-order valence-electron chi connectivity index (χ4n) is 2.05. The molecule has 2 atom stereocenters. The van der Waals surface area contributed by atoms with Gasteiger partial charge >= 0.3 is 6.09 Å². The maximum Gasteiger partial charge on any atom is 0.411 e. The molecule has 9 heteroatoms. The Bertz CT molecular complexity index is 510. The molecule has 1 rings (SSSR count). The van der Waals surface area contributed by atoms with Crippen molar-refractivity contribution >= 4 is 22.1 Å². The van der Waals surface area contributed by atoms with Crippen molar-refractivity contribution in [1.29, 1.82) is 0 Å². The van der Waals surface area contributed by atoms with E-state index in [2.05, 4.69) is 5.32 Å². The lowest BCUT2D eigenvalue weighted by Crippen LogP contribution is -2.46. The first-order chi connectivity index (χ1) is 9.43. The Labute approximate surface area is 124 Å². The van der Waals surface area contributed by atoms with E-state index in [0.717, 1.165) is 6.26 Å². The fourth-order valence-corrected chi connectivity index (χ4v) is 2.69. The number of hydrogen-bond donors (Lipinski definition) is 1. The number of nitrogens with zero attached hydrogens (tertiary/aromatic N) is 1. The molecule has 0 bridgehead atoms. The number of amides is 2. The first-order valence-corrected chi connectivity index (χ1v) is 8.34. The number of ether oxygens (including phenoxy) is 1. The van der Waals surface area contributed by atoms with Crippen LogP contribution in [0.3, 0.4) is 0 Å². The molecule has 1 aliphatic heterocycles.